The van der Waals surface area contributed by atoms with Crippen LogP contribution in [0, 0.1) is 5.92 Å². The number of hydrogen-bond acceptors (Lipinski definition) is 3. The number of carbonyl (C=O) groups is 1. The van der Waals surface area contributed by atoms with Crippen molar-refractivity contribution >= 4 is 17.2 Å². The van der Waals surface area contributed by atoms with Gasteiger partial charge >= 0.3 is 0 Å². The van der Waals surface area contributed by atoms with E-state index >= 15 is 0 Å². The van der Waals surface area contributed by atoms with Crippen LogP contribution >= 0.6 is 11.3 Å². The molecule has 4 nitrogen and oxygen atoms in total. The van der Waals surface area contributed by atoms with Crippen molar-refractivity contribution in [3.05, 3.63) is 46.4 Å². The fourth-order valence-corrected chi connectivity index (χ4v) is 4.20. The first-order chi connectivity index (χ1) is 11.2. The van der Waals surface area contributed by atoms with Crippen molar-refractivity contribution in [1.29, 1.82) is 0 Å². The molecule has 2 aliphatic rings. The van der Waals surface area contributed by atoms with Gasteiger partial charge in [0, 0.05) is 36.2 Å². The highest BCUT2D eigenvalue weighted by molar-refractivity contribution is 7.09. The van der Waals surface area contributed by atoms with Crippen molar-refractivity contribution in [2.24, 2.45) is 5.92 Å². The molecule has 23 heavy (non-hydrogen) atoms. The van der Waals surface area contributed by atoms with Gasteiger partial charge in [-0.1, -0.05) is 13.0 Å². The van der Waals surface area contributed by atoms with Crippen molar-refractivity contribution in [2.75, 3.05) is 13.1 Å². The number of carbonyl (C=O) groups excluding carboxylic acids is 1. The van der Waals surface area contributed by atoms with E-state index in [4.69, 9.17) is 0 Å². The fourth-order valence-electron chi connectivity index (χ4n) is 3.50. The molecule has 122 valence electrons. The lowest BCUT2D eigenvalue weighted by Gasteiger charge is -2.18. The van der Waals surface area contributed by atoms with Crippen molar-refractivity contribution in [3.8, 4) is 0 Å². The van der Waals surface area contributed by atoms with Gasteiger partial charge in [0.2, 0.25) is 0 Å². The molecule has 0 unspecified atom stereocenters. The Morgan fingerprint density at radius 3 is 2.91 bits per heavy atom. The van der Waals surface area contributed by atoms with Gasteiger partial charge in [-0.25, -0.2) is 0 Å². The molecule has 1 aliphatic heterocycles. The Kier molecular flexibility index (Phi) is 3.99. The van der Waals surface area contributed by atoms with E-state index in [1.165, 1.54) is 17.7 Å². The summed E-state index contributed by atoms with van der Waals surface area (Å²) >= 11 is 1.73. The van der Waals surface area contributed by atoms with Crippen LogP contribution in [0.1, 0.15) is 35.1 Å². The highest BCUT2D eigenvalue weighted by Gasteiger charge is 2.38. The molecule has 4 rings (SSSR count). The Hall–Kier alpha value is -1.59. The second kappa shape index (κ2) is 6.13. The fraction of sp³-hybridized carbons (Fsp3) is 0.500. The molecule has 2 fully saturated rings. The molecule has 0 aromatic carbocycles. The minimum Gasteiger partial charge on any atom is -0.346 e. The molecule has 1 N–H and O–H groups in total. The average molecular weight is 329 g/mol. The van der Waals surface area contributed by atoms with Gasteiger partial charge in [-0.3, -0.25) is 9.69 Å². The highest BCUT2D eigenvalue weighted by Crippen LogP contribution is 2.31. The maximum atomic E-state index is 12.7. The van der Waals surface area contributed by atoms with Crippen molar-refractivity contribution in [3.63, 3.8) is 0 Å². The zero-order valence-corrected chi connectivity index (χ0v) is 14.3. The summed E-state index contributed by atoms with van der Waals surface area (Å²) in [6.07, 6.45) is 4.65. The molecule has 2 atom stereocenters. The standard InChI is InChI=1S/C18H23N3OS/c1-13-10-21(14-6-7-14)12-16(13)19-18(22)17-5-2-8-20(17)11-15-4-3-9-23-15/h2-5,8-9,13-14,16H,6-7,10-12H2,1H3,(H,19,22)/t13-,16-/m0/s1. The molecule has 3 heterocycles. The van der Waals surface area contributed by atoms with Gasteiger partial charge in [-0.15, -0.1) is 11.3 Å². The van der Waals surface area contributed by atoms with Gasteiger partial charge < -0.3 is 9.88 Å². The molecule has 1 amide bonds. The summed E-state index contributed by atoms with van der Waals surface area (Å²) in [5.74, 6) is 0.585. The SMILES string of the molecule is C[C@H]1CN(C2CC2)C[C@@H]1NC(=O)c1cccn1Cc1cccs1. The van der Waals surface area contributed by atoms with E-state index in [2.05, 4.69) is 34.7 Å². The predicted molar refractivity (Wildman–Crippen MR) is 92.9 cm³/mol. The van der Waals surface area contributed by atoms with Gasteiger partial charge in [0.15, 0.2) is 0 Å². The van der Waals surface area contributed by atoms with Crippen molar-refractivity contribution in [1.82, 2.24) is 14.8 Å². The maximum absolute atomic E-state index is 12.7. The van der Waals surface area contributed by atoms with E-state index in [9.17, 15) is 4.79 Å². The zero-order chi connectivity index (χ0) is 15.8. The van der Waals surface area contributed by atoms with Crippen LogP contribution in [0.25, 0.3) is 0 Å². The first-order valence-corrected chi connectivity index (χ1v) is 9.31. The number of thiophene rings is 1. The number of likely N-dealkylation sites (tertiary alicyclic amines) is 1. The number of aromatic nitrogens is 1. The molecule has 1 aliphatic carbocycles. The molecule has 2 aromatic heterocycles. The molecule has 1 saturated heterocycles. The van der Waals surface area contributed by atoms with E-state index in [0.29, 0.717) is 5.92 Å². The summed E-state index contributed by atoms with van der Waals surface area (Å²) in [5.41, 5.74) is 0.760. The Labute approximate surface area is 141 Å². The third-order valence-electron chi connectivity index (χ3n) is 4.99. The van der Waals surface area contributed by atoms with E-state index in [-0.39, 0.29) is 11.9 Å². The van der Waals surface area contributed by atoms with Gasteiger partial charge in [0.1, 0.15) is 5.69 Å². The average Bonchev–Trinajstić information content (AvgIpc) is 2.93. The van der Waals surface area contributed by atoms with E-state index < -0.39 is 0 Å². The second-order valence-corrected chi connectivity index (χ2v) is 7.88. The van der Waals surface area contributed by atoms with Crippen LogP contribution in [0.4, 0.5) is 0 Å². The second-order valence-electron chi connectivity index (χ2n) is 6.84. The van der Waals surface area contributed by atoms with Gasteiger partial charge in [0.05, 0.1) is 6.54 Å². The number of nitrogens with one attached hydrogen (secondary N) is 1. The molecule has 2 aromatic rings. The smallest absolute Gasteiger partial charge is 0.268 e. The summed E-state index contributed by atoms with van der Waals surface area (Å²) < 4.78 is 2.04. The molecular formula is C18H23N3OS. The number of hydrogen-bond donors (Lipinski definition) is 1. The third-order valence-corrected chi connectivity index (χ3v) is 5.85. The van der Waals surface area contributed by atoms with E-state index in [1.54, 1.807) is 11.3 Å². The third kappa shape index (κ3) is 3.21. The summed E-state index contributed by atoms with van der Waals surface area (Å²) in [7, 11) is 0. The lowest BCUT2D eigenvalue weighted by molar-refractivity contribution is 0.0922. The minimum absolute atomic E-state index is 0.0565. The van der Waals surface area contributed by atoms with Crippen LogP contribution in [0.15, 0.2) is 35.8 Å². The summed E-state index contributed by atoms with van der Waals surface area (Å²) in [6, 6.07) is 9.09. The topological polar surface area (TPSA) is 37.3 Å². The van der Waals surface area contributed by atoms with Crippen LogP contribution in [-0.2, 0) is 6.54 Å². The number of rotatable bonds is 5. The van der Waals surface area contributed by atoms with Crippen LogP contribution in [0.2, 0.25) is 0 Å². The Balaban J connectivity index is 1.42. The Morgan fingerprint density at radius 1 is 1.30 bits per heavy atom. The lowest BCUT2D eigenvalue weighted by Crippen LogP contribution is -2.40. The van der Waals surface area contributed by atoms with Gasteiger partial charge in [0.25, 0.3) is 5.91 Å². The van der Waals surface area contributed by atoms with Crippen LogP contribution in [-0.4, -0.2) is 40.5 Å². The molecule has 5 heteroatoms. The van der Waals surface area contributed by atoms with Crippen LogP contribution in [0.5, 0.6) is 0 Å². The summed E-state index contributed by atoms with van der Waals surface area (Å²) in [6.45, 7) is 5.13. The first-order valence-electron chi connectivity index (χ1n) is 8.43. The predicted octanol–water partition coefficient (Wildman–Crippen LogP) is 2.81. The number of nitrogens with zero attached hydrogens (tertiary/aromatic N) is 2. The van der Waals surface area contributed by atoms with E-state index in [0.717, 1.165) is 31.4 Å². The highest BCUT2D eigenvalue weighted by atomic mass is 32.1. The van der Waals surface area contributed by atoms with Gasteiger partial charge in [-0.2, -0.15) is 0 Å². The minimum atomic E-state index is 0.0565. The summed E-state index contributed by atoms with van der Waals surface area (Å²) in [5, 5.41) is 5.34. The van der Waals surface area contributed by atoms with Crippen LogP contribution in [0.3, 0.4) is 0 Å². The molecule has 0 bridgehead atoms. The molecule has 1 saturated carbocycles. The summed E-state index contributed by atoms with van der Waals surface area (Å²) in [4.78, 5) is 16.5. The quantitative estimate of drug-likeness (QED) is 0.916. The molecule has 0 radical (unpaired) electrons. The Morgan fingerprint density at radius 2 is 2.17 bits per heavy atom. The van der Waals surface area contributed by atoms with Crippen LogP contribution < -0.4 is 5.32 Å². The van der Waals surface area contributed by atoms with E-state index in [1.807, 2.05) is 22.9 Å². The maximum Gasteiger partial charge on any atom is 0.268 e. The first kappa shape index (κ1) is 15.0. The largest absolute Gasteiger partial charge is 0.346 e. The monoisotopic (exact) mass is 329 g/mol. The van der Waals surface area contributed by atoms with Gasteiger partial charge in [-0.05, 0) is 42.3 Å². The lowest BCUT2D eigenvalue weighted by atomic mass is 10.1. The molecular weight excluding hydrogens is 306 g/mol. The zero-order valence-electron chi connectivity index (χ0n) is 13.4. The molecule has 0 spiro atoms. The Bertz CT molecular complexity index is 674. The number of amides is 1. The van der Waals surface area contributed by atoms with Crippen molar-refractivity contribution in [2.45, 2.75) is 38.4 Å². The normalized spacial score (nSPS) is 24.9. The van der Waals surface area contributed by atoms with Crippen molar-refractivity contribution < 1.29 is 4.79 Å².